The van der Waals surface area contributed by atoms with Crippen molar-refractivity contribution in [3.63, 3.8) is 0 Å². The summed E-state index contributed by atoms with van der Waals surface area (Å²) in [6.45, 7) is 0. The van der Waals surface area contributed by atoms with Gasteiger partial charge in [-0.3, -0.25) is 14.9 Å². The van der Waals surface area contributed by atoms with Crippen LogP contribution in [0.15, 0.2) is 45.9 Å². The molecular weight excluding hydrogens is 254 g/mol. The number of nitro benzene ring substituents is 1. The average Bonchev–Trinajstić information content (AvgIpc) is 2.89. The Morgan fingerprint density at radius 2 is 2.22 bits per heavy atom. The molecule has 0 atom stereocenters. The highest BCUT2D eigenvalue weighted by molar-refractivity contribution is 7.98. The van der Waals surface area contributed by atoms with E-state index in [4.69, 9.17) is 4.42 Å². The Hall–Kier alpha value is -2.08. The first-order chi connectivity index (χ1) is 8.70. The van der Waals surface area contributed by atoms with E-state index in [0.717, 1.165) is 5.76 Å². The van der Waals surface area contributed by atoms with Gasteiger partial charge in [0.2, 0.25) is 0 Å². The van der Waals surface area contributed by atoms with Crippen molar-refractivity contribution >= 4 is 23.7 Å². The van der Waals surface area contributed by atoms with Crippen LogP contribution in [0.4, 0.5) is 5.69 Å². The van der Waals surface area contributed by atoms with Crippen LogP contribution in [-0.2, 0) is 5.75 Å². The van der Waals surface area contributed by atoms with E-state index in [0.29, 0.717) is 22.5 Å². The highest BCUT2D eigenvalue weighted by atomic mass is 32.2. The van der Waals surface area contributed by atoms with Gasteiger partial charge in [-0.2, -0.15) is 0 Å². The lowest BCUT2D eigenvalue weighted by molar-refractivity contribution is -0.384. The van der Waals surface area contributed by atoms with Gasteiger partial charge in [-0.15, -0.1) is 11.8 Å². The van der Waals surface area contributed by atoms with Crippen LogP contribution < -0.4 is 0 Å². The number of carbonyl (C=O) groups excluding carboxylic acids is 1. The van der Waals surface area contributed by atoms with Gasteiger partial charge in [0, 0.05) is 22.6 Å². The first-order valence-corrected chi connectivity index (χ1v) is 6.08. The first kappa shape index (κ1) is 12.4. The van der Waals surface area contributed by atoms with E-state index in [1.54, 1.807) is 18.4 Å². The molecule has 0 aliphatic rings. The third-order valence-electron chi connectivity index (χ3n) is 2.28. The first-order valence-electron chi connectivity index (χ1n) is 5.09. The summed E-state index contributed by atoms with van der Waals surface area (Å²) in [6.07, 6.45) is 2.20. The fourth-order valence-corrected chi connectivity index (χ4v) is 2.32. The van der Waals surface area contributed by atoms with Gasteiger partial charge in [0.05, 0.1) is 16.9 Å². The Bertz CT molecular complexity index is 565. The number of rotatable bonds is 5. The minimum atomic E-state index is -0.520. The number of hydrogen-bond donors (Lipinski definition) is 0. The average molecular weight is 263 g/mol. The molecule has 0 N–H and O–H groups in total. The summed E-state index contributed by atoms with van der Waals surface area (Å²) in [6, 6.07) is 7.86. The van der Waals surface area contributed by atoms with Gasteiger partial charge in [-0.25, -0.2) is 0 Å². The van der Waals surface area contributed by atoms with Crippen molar-refractivity contribution < 1.29 is 14.1 Å². The van der Waals surface area contributed by atoms with Crippen molar-refractivity contribution in [3.8, 4) is 0 Å². The van der Waals surface area contributed by atoms with Crippen LogP contribution >= 0.6 is 11.8 Å². The molecule has 0 radical (unpaired) electrons. The Morgan fingerprint density at radius 1 is 1.39 bits per heavy atom. The van der Waals surface area contributed by atoms with Crippen molar-refractivity contribution in [2.45, 2.75) is 10.6 Å². The molecular formula is C12H9NO4S. The van der Waals surface area contributed by atoms with Gasteiger partial charge >= 0.3 is 0 Å². The quantitative estimate of drug-likeness (QED) is 0.358. The number of furan rings is 1. The van der Waals surface area contributed by atoms with Crippen LogP contribution in [0.1, 0.15) is 16.1 Å². The second kappa shape index (κ2) is 5.50. The normalized spacial score (nSPS) is 10.2. The summed E-state index contributed by atoms with van der Waals surface area (Å²) >= 11 is 1.40. The molecule has 6 heteroatoms. The molecule has 0 fully saturated rings. The van der Waals surface area contributed by atoms with Gasteiger partial charge in [0.15, 0.2) is 6.29 Å². The largest absolute Gasteiger partial charge is 0.468 e. The van der Waals surface area contributed by atoms with Crippen LogP contribution in [0.2, 0.25) is 0 Å². The standard InChI is InChI=1S/C12H9NO4S/c14-7-9-6-10(13(15)16)3-4-12(9)18-8-11-2-1-5-17-11/h1-7H,8H2. The molecule has 1 aromatic carbocycles. The highest BCUT2D eigenvalue weighted by Crippen LogP contribution is 2.28. The molecule has 0 saturated carbocycles. The van der Waals surface area contributed by atoms with Gasteiger partial charge < -0.3 is 4.42 Å². The number of non-ortho nitro benzene ring substituents is 1. The summed E-state index contributed by atoms with van der Waals surface area (Å²) in [5.74, 6) is 1.36. The fraction of sp³-hybridized carbons (Fsp3) is 0.0833. The van der Waals surface area contributed by atoms with Crippen LogP contribution in [0.5, 0.6) is 0 Å². The van der Waals surface area contributed by atoms with Crippen molar-refractivity contribution in [3.05, 3.63) is 58.0 Å². The number of hydrogen-bond acceptors (Lipinski definition) is 5. The lowest BCUT2D eigenvalue weighted by Gasteiger charge is -2.03. The zero-order valence-electron chi connectivity index (χ0n) is 9.24. The van der Waals surface area contributed by atoms with Gasteiger partial charge in [0.1, 0.15) is 5.76 Å². The van der Waals surface area contributed by atoms with Gasteiger partial charge in [-0.05, 0) is 18.2 Å². The maximum atomic E-state index is 10.9. The molecule has 1 aromatic heterocycles. The Morgan fingerprint density at radius 3 is 2.83 bits per heavy atom. The topological polar surface area (TPSA) is 73.3 Å². The summed E-state index contributed by atoms with van der Waals surface area (Å²) < 4.78 is 5.17. The summed E-state index contributed by atoms with van der Waals surface area (Å²) in [5, 5.41) is 10.6. The minimum absolute atomic E-state index is 0.0838. The summed E-state index contributed by atoms with van der Waals surface area (Å²) in [4.78, 5) is 21.7. The molecule has 1 heterocycles. The minimum Gasteiger partial charge on any atom is -0.468 e. The molecule has 0 unspecified atom stereocenters. The Labute approximate surface area is 107 Å². The molecule has 0 spiro atoms. The predicted octanol–water partition coefficient (Wildman–Crippen LogP) is 3.29. The van der Waals surface area contributed by atoms with E-state index < -0.39 is 4.92 Å². The van der Waals surface area contributed by atoms with Crippen molar-refractivity contribution in [2.24, 2.45) is 0 Å². The Kier molecular flexibility index (Phi) is 3.78. The van der Waals surface area contributed by atoms with Crippen molar-refractivity contribution in [2.75, 3.05) is 0 Å². The molecule has 0 aliphatic carbocycles. The number of aldehydes is 1. The van der Waals surface area contributed by atoms with E-state index in [1.807, 2.05) is 6.07 Å². The zero-order chi connectivity index (χ0) is 13.0. The number of nitrogens with zero attached hydrogens (tertiary/aromatic N) is 1. The lowest BCUT2D eigenvalue weighted by atomic mass is 10.2. The van der Waals surface area contributed by atoms with Crippen LogP contribution in [0.3, 0.4) is 0 Å². The highest BCUT2D eigenvalue weighted by Gasteiger charge is 2.11. The maximum absolute atomic E-state index is 10.9. The van der Waals surface area contributed by atoms with E-state index >= 15 is 0 Å². The van der Waals surface area contributed by atoms with Crippen LogP contribution in [0.25, 0.3) is 0 Å². The van der Waals surface area contributed by atoms with E-state index in [9.17, 15) is 14.9 Å². The second-order valence-electron chi connectivity index (χ2n) is 3.47. The third kappa shape index (κ3) is 2.78. The van der Waals surface area contributed by atoms with E-state index in [2.05, 4.69) is 0 Å². The molecule has 2 aromatic rings. The lowest BCUT2D eigenvalue weighted by Crippen LogP contribution is -1.92. The van der Waals surface area contributed by atoms with Crippen molar-refractivity contribution in [1.29, 1.82) is 0 Å². The Balaban J connectivity index is 2.17. The molecule has 2 rings (SSSR count). The number of thioether (sulfide) groups is 1. The smallest absolute Gasteiger partial charge is 0.270 e. The van der Waals surface area contributed by atoms with E-state index in [-0.39, 0.29) is 5.69 Å². The van der Waals surface area contributed by atoms with Gasteiger partial charge in [-0.1, -0.05) is 0 Å². The monoisotopic (exact) mass is 263 g/mol. The summed E-state index contributed by atoms with van der Waals surface area (Å²) in [7, 11) is 0. The predicted molar refractivity (Wildman–Crippen MR) is 66.8 cm³/mol. The molecule has 0 amide bonds. The number of benzene rings is 1. The molecule has 92 valence electrons. The molecule has 18 heavy (non-hydrogen) atoms. The third-order valence-corrected chi connectivity index (χ3v) is 3.39. The van der Waals surface area contributed by atoms with Crippen LogP contribution in [-0.4, -0.2) is 11.2 Å². The zero-order valence-corrected chi connectivity index (χ0v) is 10.1. The van der Waals surface area contributed by atoms with Crippen molar-refractivity contribution in [1.82, 2.24) is 0 Å². The van der Waals surface area contributed by atoms with E-state index in [1.165, 1.54) is 23.9 Å². The SMILES string of the molecule is O=Cc1cc([N+](=O)[O-])ccc1SCc1ccco1. The molecule has 5 nitrogen and oxygen atoms in total. The molecule has 0 aliphatic heterocycles. The molecule has 0 saturated heterocycles. The second-order valence-corrected chi connectivity index (χ2v) is 4.48. The molecule has 0 bridgehead atoms. The van der Waals surface area contributed by atoms with Crippen LogP contribution in [0, 0.1) is 10.1 Å². The fourth-order valence-electron chi connectivity index (χ4n) is 1.42. The van der Waals surface area contributed by atoms with Gasteiger partial charge in [0.25, 0.3) is 5.69 Å². The number of carbonyl (C=O) groups is 1. The summed E-state index contributed by atoms with van der Waals surface area (Å²) in [5.41, 5.74) is 0.236. The maximum Gasteiger partial charge on any atom is 0.270 e. The number of nitro groups is 1.